The number of nitrogens with one attached hydrogen (secondary N) is 1. The van der Waals surface area contributed by atoms with Gasteiger partial charge in [-0.3, -0.25) is 4.79 Å². The van der Waals surface area contributed by atoms with Crippen LogP contribution in [-0.2, 0) is 9.59 Å². The largest absolute Gasteiger partial charge is 0.480 e. The third-order valence-corrected chi connectivity index (χ3v) is 3.49. The van der Waals surface area contributed by atoms with Gasteiger partial charge in [-0.05, 0) is 41.8 Å². The van der Waals surface area contributed by atoms with Crippen LogP contribution in [-0.4, -0.2) is 23.0 Å². The Bertz CT molecular complexity index is 753. The summed E-state index contributed by atoms with van der Waals surface area (Å²) in [6.45, 7) is 3.49. The van der Waals surface area contributed by atoms with E-state index in [1.165, 1.54) is 6.08 Å². The molecule has 130 valence electrons. The number of amides is 1. The van der Waals surface area contributed by atoms with Gasteiger partial charge < -0.3 is 15.2 Å². The molecule has 0 unspecified atom stereocenters. The van der Waals surface area contributed by atoms with E-state index in [4.69, 9.17) is 9.84 Å². The number of carboxylic acids is 1. The molecule has 0 saturated carbocycles. The van der Waals surface area contributed by atoms with E-state index in [1.807, 2.05) is 48.5 Å². The van der Waals surface area contributed by atoms with Gasteiger partial charge in [0.15, 0.2) is 0 Å². The van der Waals surface area contributed by atoms with E-state index in [1.54, 1.807) is 26.0 Å². The standard InChI is InChI=1S/C20H21NO4/c1-14(2)19(20(23)24)21-18(22)12-11-15-7-6-10-17(13-15)25-16-8-4-3-5-9-16/h3-14,19H,1-2H3,(H,21,22)(H,23,24)/b12-11+/t19-/m0/s1. The molecule has 2 aromatic carbocycles. The Kier molecular flexibility index (Phi) is 6.34. The minimum Gasteiger partial charge on any atom is -0.480 e. The number of hydrogen-bond donors (Lipinski definition) is 2. The molecular formula is C20H21NO4. The molecule has 1 amide bonds. The summed E-state index contributed by atoms with van der Waals surface area (Å²) >= 11 is 0. The fraction of sp³-hybridized carbons (Fsp3) is 0.200. The normalized spacial score (nSPS) is 12.1. The number of carbonyl (C=O) groups excluding carboxylic acids is 1. The molecular weight excluding hydrogens is 318 g/mol. The molecule has 0 saturated heterocycles. The SMILES string of the molecule is CC(C)[C@H](NC(=O)/C=C/c1cccc(Oc2ccccc2)c1)C(=O)O. The molecule has 0 heterocycles. The summed E-state index contributed by atoms with van der Waals surface area (Å²) in [5.41, 5.74) is 0.778. The van der Waals surface area contributed by atoms with Crippen LogP contribution < -0.4 is 10.1 Å². The average molecular weight is 339 g/mol. The van der Waals surface area contributed by atoms with Gasteiger partial charge in [0.1, 0.15) is 17.5 Å². The van der Waals surface area contributed by atoms with Crippen LogP contribution in [0.15, 0.2) is 60.7 Å². The van der Waals surface area contributed by atoms with Crippen molar-refractivity contribution in [2.75, 3.05) is 0 Å². The van der Waals surface area contributed by atoms with Crippen LogP contribution in [0.2, 0.25) is 0 Å². The fourth-order valence-corrected chi connectivity index (χ4v) is 2.19. The van der Waals surface area contributed by atoms with Gasteiger partial charge in [0.05, 0.1) is 0 Å². The summed E-state index contributed by atoms with van der Waals surface area (Å²) in [7, 11) is 0. The molecule has 0 aliphatic rings. The van der Waals surface area contributed by atoms with Crippen molar-refractivity contribution < 1.29 is 19.4 Å². The topological polar surface area (TPSA) is 75.6 Å². The van der Waals surface area contributed by atoms with Crippen LogP contribution in [0.25, 0.3) is 6.08 Å². The van der Waals surface area contributed by atoms with Gasteiger partial charge in [-0.2, -0.15) is 0 Å². The van der Waals surface area contributed by atoms with E-state index < -0.39 is 17.9 Å². The highest BCUT2D eigenvalue weighted by Gasteiger charge is 2.22. The number of carbonyl (C=O) groups is 2. The second kappa shape index (κ2) is 8.68. The van der Waals surface area contributed by atoms with E-state index in [0.29, 0.717) is 5.75 Å². The average Bonchev–Trinajstić information content (AvgIpc) is 2.58. The molecule has 0 radical (unpaired) electrons. The highest BCUT2D eigenvalue weighted by Crippen LogP contribution is 2.22. The van der Waals surface area contributed by atoms with Crippen molar-refractivity contribution in [2.24, 2.45) is 5.92 Å². The van der Waals surface area contributed by atoms with E-state index in [0.717, 1.165) is 11.3 Å². The van der Waals surface area contributed by atoms with E-state index in [2.05, 4.69) is 5.32 Å². The molecule has 5 nitrogen and oxygen atoms in total. The zero-order valence-corrected chi connectivity index (χ0v) is 14.2. The number of benzene rings is 2. The summed E-state index contributed by atoms with van der Waals surface area (Å²) in [6, 6.07) is 15.8. The van der Waals surface area contributed by atoms with Crippen LogP contribution in [0.4, 0.5) is 0 Å². The molecule has 5 heteroatoms. The van der Waals surface area contributed by atoms with E-state index in [9.17, 15) is 9.59 Å². The molecule has 0 spiro atoms. The first-order chi connectivity index (χ1) is 12.0. The first-order valence-corrected chi connectivity index (χ1v) is 8.00. The van der Waals surface area contributed by atoms with Crippen molar-refractivity contribution in [2.45, 2.75) is 19.9 Å². The Morgan fingerprint density at radius 2 is 1.72 bits per heavy atom. The maximum atomic E-state index is 11.9. The quantitative estimate of drug-likeness (QED) is 0.754. The van der Waals surface area contributed by atoms with E-state index >= 15 is 0 Å². The van der Waals surface area contributed by atoms with Gasteiger partial charge in [0.25, 0.3) is 0 Å². The minimum atomic E-state index is -1.05. The van der Waals surface area contributed by atoms with Crippen molar-refractivity contribution in [3.05, 3.63) is 66.2 Å². The number of hydrogen-bond acceptors (Lipinski definition) is 3. The van der Waals surface area contributed by atoms with Crippen LogP contribution in [0.1, 0.15) is 19.4 Å². The number of carboxylic acid groups (broad SMARTS) is 1. The Morgan fingerprint density at radius 3 is 2.36 bits per heavy atom. The zero-order valence-electron chi connectivity index (χ0n) is 14.2. The number of ether oxygens (including phenoxy) is 1. The first-order valence-electron chi connectivity index (χ1n) is 8.00. The molecule has 2 aromatic rings. The highest BCUT2D eigenvalue weighted by molar-refractivity contribution is 5.94. The Morgan fingerprint density at radius 1 is 1.04 bits per heavy atom. The monoisotopic (exact) mass is 339 g/mol. The van der Waals surface area contributed by atoms with Gasteiger partial charge in [-0.25, -0.2) is 4.79 Å². The van der Waals surface area contributed by atoms with Crippen LogP contribution in [0.5, 0.6) is 11.5 Å². The maximum absolute atomic E-state index is 11.9. The van der Waals surface area contributed by atoms with Gasteiger partial charge in [-0.15, -0.1) is 0 Å². The molecule has 0 fully saturated rings. The number of aliphatic carboxylic acids is 1. The smallest absolute Gasteiger partial charge is 0.326 e. The minimum absolute atomic E-state index is 0.197. The summed E-state index contributed by atoms with van der Waals surface area (Å²) < 4.78 is 5.74. The highest BCUT2D eigenvalue weighted by atomic mass is 16.5. The summed E-state index contributed by atoms with van der Waals surface area (Å²) in [5, 5.41) is 11.6. The first kappa shape index (κ1) is 18.3. The maximum Gasteiger partial charge on any atom is 0.326 e. The predicted molar refractivity (Wildman–Crippen MR) is 96.4 cm³/mol. The molecule has 1 atom stereocenters. The number of rotatable bonds is 7. The summed E-state index contributed by atoms with van der Waals surface area (Å²) in [6.07, 6.45) is 2.94. The molecule has 2 rings (SSSR count). The number of para-hydroxylation sites is 1. The summed E-state index contributed by atoms with van der Waals surface area (Å²) in [4.78, 5) is 23.0. The molecule has 0 aliphatic carbocycles. The van der Waals surface area contributed by atoms with Gasteiger partial charge in [0.2, 0.25) is 5.91 Å². The van der Waals surface area contributed by atoms with Crippen LogP contribution >= 0.6 is 0 Å². The molecule has 2 N–H and O–H groups in total. The zero-order chi connectivity index (χ0) is 18.2. The fourth-order valence-electron chi connectivity index (χ4n) is 2.19. The third kappa shape index (κ3) is 5.80. The lowest BCUT2D eigenvalue weighted by Crippen LogP contribution is -2.43. The van der Waals surface area contributed by atoms with Crippen molar-refractivity contribution in [1.82, 2.24) is 5.32 Å². The molecule has 25 heavy (non-hydrogen) atoms. The second-order valence-electron chi connectivity index (χ2n) is 5.89. The molecule has 0 aliphatic heterocycles. The Labute approximate surface area is 146 Å². The Balaban J connectivity index is 2.02. The molecule has 0 bridgehead atoms. The lowest BCUT2D eigenvalue weighted by molar-refractivity contribution is -0.142. The van der Waals surface area contributed by atoms with Crippen molar-refractivity contribution in [3.63, 3.8) is 0 Å². The third-order valence-electron chi connectivity index (χ3n) is 3.49. The van der Waals surface area contributed by atoms with Crippen LogP contribution in [0.3, 0.4) is 0 Å². The second-order valence-corrected chi connectivity index (χ2v) is 5.89. The van der Waals surface area contributed by atoms with Gasteiger partial charge in [0, 0.05) is 6.08 Å². The predicted octanol–water partition coefficient (Wildman–Crippen LogP) is 3.72. The van der Waals surface area contributed by atoms with Crippen molar-refractivity contribution >= 4 is 18.0 Å². The lowest BCUT2D eigenvalue weighted by Gasteiger charge is -2.16. The van der Waals surface area contributed by atoms with Gasteiger partial charge >= 0.3 is 5.97 Å². The Hall–Kier alpha value is -3.08. The summed E-state index contributed by atoms with van der Waals surface area (Å²) in [5.74, 6) is -0.315. The van der Waals surface area contributed by atoms with E-state index in [-0.39, 0.29) is 5.92 Å². The lowest BCUT2D eigenvalue weighted by atomic mass is 10.0. The molecule has 0 aromatic heterocycles. The van der Waals surface area contributed by atoms with Crippen molar-refractivity contribution in [3.8, 4) is 11.5 Å². The van der Waals surface area contributed by atoms with Gasteiger partial charge in [-0.1, -0.05) is 44.2 Å². The van der Waals surface area contributed by atoms with Crippen LogP contribution in [0, 0.1) is 5.92 Å². The van der Waals surface area contributed by atoms with Crippen molar-refractivity contribution in [1.29, 1.82) is 0 Å².